The summed E-state index contributed by atoms with van der Waals surface area (Å²) in [4.78, 5) is 29.7. The van der Waals surface area contributed by atoms with Crippen LogP contribution in [0.15, 0.2) is 77.9 Å². The molecule has 0 radical (unpaired) electrons. The van der Waals surface area contributed by atoms with Gasteiger partial charge in [0, 0.05) is 37.7 Å². The van der Waals surface area contributed by atoms with E-state index in [0.29, 0.717) is 22.3 Å². The van der Waals surface area contributed by atoms with E-state index in [2.05, 4.69) is 15.4 Å². The summed E-state index contributed by atoms with van der Waals surface area (Å²) in [6, 6.07) is 20.4. The lowest BCUT2D eigenvalue weighted by atomic mass is 10.1. The molecule has 1 fully saturated rings. The Morgan fingerprint density at radius 1 is 1.12 bits per heavy atom. The Morgan fingerprint density at radius 3 is 2.39 bits per heavy atom. The number of amides is 1. The highest BCUT2D eigenvalue weighted by atomic mass is 35.5. The number of piperidine rings is 1. The predicted octanol–water partition coefficient (Wildman–Crippen LogP) is 4.31. The van der Waals surface area contributed by atoms with Gasteiger partial charge in [0.25, 0.3) is 0 Å². The van der Waals surface area contributed by atoms with E-state index in [-0.39, 0.29) is 73.3 Å². The average molecular weight is 762 g/mol. The maximum atomic E-state index is 13.6. The van der Waals surface area contributed by atoms with Gasteiger partial charge in [-0.15, -0.1) is 24.8 Å². The number of halogens is 2. The summed E-state index contributed by atoms with van der Waals surface area (Å²) < 4.78 is 35.8. The highest BCUT2D eigenvalue weighted by Gasteiger charge is 2.29. The first-order valence-corrected chi connectivity index (χ1v) is 17.4. The van der Waals surface area contributed by atoms with E-state index < -0.39 is 21.7 Å². The number of carboxylic acids is 1. The van der Waals surface area contributed by atoms with Crippen molar-refractivity contribution in [1.82, 2.24) is 19.9 Å². The summed E-state index contributed by atoms with van der Waals surface area (Å²) in [7, 11) is -4.42. The molecule has 0 bridgehead atoms. The van der Waals surface area contributed by atoms with E-state index in [1.54, 1.807) is 53.2 Å². The predicted molar refractivity (Wildman–Crippen MR) is 202 cm³/mol. The topological polar surface area (TPSA) is 196 Å². The third-order valence-electron chi connectivity index (χ3n) is 8.17. The van der Waals surface area contributed by atoms with Gasteiger partial charge in [-0.25, -0.2) is 13.4 Å². The molecular formula is C34H42Cl2N8O6S. The first-order chi connectivity index (χ1) is 23.4. The van der Waals surface area contributed by atoms with E-state index in [9.17, 15) is 23.1 Å². The molecule has 0 saturated carbocycles. The fourth-order valence-corrected chi connectivity index (χ4v) is 6.96. The first kappa shape index (κ1) is 40.6. The summed E-state index contributed by atoms with van der Waals surface area (Å²) in [5.74, 6) is -2.47. The van der Waals surface area contributed by atoms with Crippen molar-refractivity contribution in [2.24, 2.45) is 10.8 Å². The summed E-state index contributed by atoms with van der Waals surface area (Å²) in [5, 5.41) is 26.6. The number of sulfonamides is 1. The van der Waals surface area contributed by atoms with Crippen LogP contribution in [0.4, 0.5) is 5.69 Å². The van der Waals surface area contributed by atoms with Crippen LogP contribution in [0.1, 0.15) is 49.7 Å². The van der Waals surface area contributed by atoms with Gasteiger partial charge in [-0.3, -0.25) is 24.3 Å². The molecule has 0 spiro atoms. The number of ether oxygens (including phenoxy) is 1. The van der Waals surface area contributed by atoms with Crippen LogP contribution in [0.3, 0.4) is 0 Å². The number of benzene rings is 3. The third-order valence-corrected chi connectivity index (χ3v) is 9.79. The number of aromatic nitrogens is 2. The summed E-state index contributed by atoms with van der Waals surface area (Å²) >= 11 is 0. The minimum absolute atomic E-state index is 0. The number of nitrogen functional groups attached to an aromatic ring is 1. The average Bonchev–Trinajstić information content (AvgIpc) is 3.40. The number of nitrogens with one attached hydrogen (secondary N) is 2. The van der Waals surface area contributed by atoms with Gasteiger partial charge in [-0.2, -0.15) is 5.10 Å². The number of hydrazone groups is 1. The molecule has 1 amide bonds. The van der Waals surface area contributed by atoms with Gasteiger partial charge in [0.2, 0.25) is 15.9 Å². The van der Waals surface area contributed by atoms with Gasteiger partial charge in [0.1, 0.15) is 30.1 Å². The van der Waals surface area contributed by atoms with Crippen molar-refractivity contribution >= 4 is 75.5 Å². The lowest BCUT2D eigenvalue weighted by Crippen LogP contribution is -2.37. The molecule has 3 aromatic carbocycles. The molecule has 51 heavy (non-hydrogen) atoms. The van der Waals surface area contributed by atoms with Crippen LogP contribution < -0.4 is 20.1 Å². The summed E-state index contributed by atoms with van der Waals surface area (Å²) in [5.41, 5.74) is 8.13. The number of hydrogen-bond acceptors (Lipinski definition) is 9. The number of rotatable bonds is 14. The van der Waals surface area contributed by atoms with E-state index in [1.807, 2.05) is 49.2 Å². The van der Waals surface area contributed by atoms with Gasteiger partial charge < -0.3 is 25.5 Å². The number of fused-ring (bicyclic) bond motifs is 1. The first-order valence-electron chi connectivity index (χ1n) is 15.8. The number of nitrogens with zero attached hydrogens (tertiary/aromatic N) is 5. The van der Waals surface area contributed by atoms with Crippen LogP contribution in [-0.2, 0) is 32.7 Å². The van der Waals surface area contributed by atoms with Crippen LogP contribution in [0.25, 0.3) is 11.0 Å². The smallest absolute Gasteiger partial charge is 0.320 e. The van der Waals surface area contributed by atoms with Crippen molar-refractivity contribution in [2.75, 3.05) is 23.1 Å². The molecule has 1 aliphatic rings. The van der Waals surface area contributed by atoms with Crippen LogP contribution in [0.5, 0.6) is 5.75 Å². The molecule has 1 atom stereocenters. The number of carbonyl (C=O) groups excluding carboxylic acids is 1. The molecule has 274 valence electrons. The highest BCUT2D eigenvalue weighted by molar-refractivity contribution is 7.93. The molecule has 1 aromatic heterocycles. The second-order valence-corrected chi connectivity index (χ2v) is 13.6. The SMILES string of the molecule is C/C=N/N1CCC(Oc2ccc(N(Cc3nc4cc(C(=N)N)ccc4n3CC(=O)N[C@@H](C)c3ccccc3)S(=O)(=O)CC(=O)O)cc2)CC1.Cl.Cl. The molecule has 4 aromatic rings. The number of anilines is 1. The molecule has 1 saturated heterocycles. The third kappa shape index (κ3) is 10.3. The fourth-order valence-electron chi connectivity index (χ4n) is 5.73. The Bertz CT molecular complexity index is 1950. The Labute approximate surface area is 309 Å². The highest BCUT2D eigenvalue weighted by Crippen LogP contribution is 2.28. The van der Waals surface area contributed by atoms with Crippen molar-refractivity contribution in [3.05, 3.63) is 89.7 Å². The van der Waals surface area contributed by atoms with Gasteiger partial charge in [-0.05, 0) is 61.9 Å². The standard InChI is InChI=1S/C34H40N8O6S.2ClH/c1-3-37-40-17-15-28(16-18-40)48-27-12-10-26(11-13-27)42(49(46,47)22-33(44)45)20-31-39-29-19-25(34(35)36)9-14-30(29)41(31)21-32(43)38-23(2)24-7-5-4-6-8-24;;/h3-14,19,23,28H,15-18,20-22H2,1-2H3,(H3,35,36)(H,38,43)(H,44,45);2*1H/b37-3+;;/t23-;;/m0../s1. The quantitative estimate of drug-likeness (QED) is 0.107. The molecule has 1 aliphatic heterocycles. The van der Waals surface area contributed by atoms with Crippen LogP contribution in [-0.4, -0.2) is 77.0 Å². The lowest BCUT2D eigenvalue weighted by molar-refractivity contribution is -0.134. The van der Waals surface area contributed by atoms with Crippen molar-refractivity contribution < 1.29 is 27.9 Å². The Hall–Kier alpha value is -4.86. The minimum atomic E-state index is -4.42. The maximum Gasteiger partial charge on any atom is 0.320 e. The second kappa shape index (κ2) is 17.9. The number of carboxylic acid groups (broad SMARTS) is 1. The number of imidazole rings is 1. The number of hydrogen-bond donors (Lipinski definition) is 4. The summed E-state index contributed by atoms with van der Waals surface area (Å²) in [6.07, 6.45) is 3.27. The molecule has 2 heterocycles. The molecule has 14 nitrogen and oxygen atoms in total. The molecule has 17 heteroatoms. The zero-order valence-electron chi connectivity index (χ0n) is 28.1. The van der Waals surface area contributed by atoms with Crippen molar-refractivity contribution in [3.63, 3.8) is 0 Å². The Morgan fingerprint density at radius 2 is 1.78 bits per heavy atom. The van der Waals surface area contributed by atoms with Crippen LogP contribution in [0.2, 0.25) is 0 Å². The van der Waals surface area contributed by atoms with Crippen molar-refractivity contribution in [2.45, 2.75) is 51.9 Å². The second-order valence-electron chi connectivity index (χ2n) is 11.7. The van der Waals surface area contributed by atoms with E-state index in [4.69, 9.17) is 15.9 Å². The minimum Gasteiger partial charge on any atom is -0.490 e. The van der Waals surface area contributed by atoms with Crippen LogP contribution in [0, 0.1) is 5.41 Å². The zero-order valence-corrected chi connectivity index (χ0v) is 30.6. The van der Waals surface area contributed by atoms with Crippen molar-refractivity contribution in [3.8, 4) is 5.75 Å². The van der Waals surface area contributed by atoms with Gasteiger partial charge in [0.15, 0.2) is 5.75 Å². The molecule has 5 N–H and O–H groups in total. The van der Waals surface area contributed by atoms with E-state index in [0.717, 1.165) is 35.8 Å². The largest absolute Gasteiger partial charge is 0.490 e. The zero-order chi connectivity index (χ0) is 35.1. The number of amidine groups is 1. The number of carbonyl (C=O) groups is 2. The Kier molecular flexibility index (Phi) is 14.2. The van der Waals surface area contributed by atoms with E-state index >= 15 is 0 Å². The number of aliphatic carboxylic acids is 1. The van der Waals surface area contributed by atoms with E-state index in [1.165, 1.54) is 0 Å². The summed E-state index contributed by atoms with van der Waals surface area (Å²) in [6.45, 7) is 4.66. The number of nitrogens with two attached hydrogens (primary N) is 1. The Balaban J connectivity index is 0.00000351. The van der Waals surface area contributed by atoms with Gasteiger partial charge in [0.05, 0.1) is 29.3 Å². The maximum absolute atomic E-state index is 13.6. The normalized spacial score (nSPS) is 14.0. The molecular weight excluding hydrogens is 719 g/mol. The van der Waals surface area contributed by atoms with Crippen LogP contribution >= 0.6 is 24.8 Å². The lowest BCUT2D eigenvalue weighted by Gasteiger charge is -2.30. The monoisotopic (exact) mass is 760 g/mol. The fraction of sp³-hybridized carbons (Fsp3) is 0.324. The van der Waals surface area contributed by atoms with Gasteiger partial charge in [-0.1, -0.05) is 30.3 Å². The molecule has 5 rings (SSSR count). The molecule has 0 aliphatic carbocycles. The van der Waals surface area contributed by atoms with Crippen molar-refractivity contribution in [1.29, 1.82) is 5.41 Å². The molecule has 0 unspecified atom stereocenters. The van der Waals surface area contributed by atoms with Gasteiger partial charge >= 0.3 is 5.97 Å².